The van der Waals surface area contributed by atoms with Crippen LogP contribution in [0.25, 0.3) is 10.6 Å². The van der Waals surface area contributed by atoms with Crippen LogP contribution in [-0.2, 0) is 0 Å². The number of halogens is 1. The second kappa shape index (κ2) is 4.02. The Hall–Kier alpha value is -1.75. The van der Waals surface area contributed by atoms with E-state index in [0.29, 0.717) is 16.3 Å². The van der Waals surface area contributed by atoms with Crippen LogP contribution in [0.15, 0.2) is 24.3 Å². The number of hydrogen-bond acceptors (Lipinski definition) is 3. The number of carboxylic acid groups (broad SMARTS) is 1. The number of rotatable bonds is 2. The lowest BCUT2D eigenvalue weighted by Gasteiger charge is -1.94. The van der Waals surface area contributed by atoms with Crippen LogP contribution in [0.4, 0.5) is 4.39 Å². The van der Waals surface area contributed by atoms with Gasteiger partial charge in [-0.05, 0) is 19.1 Å². The van der Waals surface area contributed by atoms with Crippen molar-refractivity contribution in [3.8, 4) is 10.6 Å². The monoisotopic (exact) mass is 237 g/mol. The first kappa shape index (κ1) is 10.8. The molecule has 0 fully saturated rings. The van der Waals surface area contributed by atoms with Gasteiger partial charge in [-0.25, -0.2) is 14.2 Å². The van der Waals surface area contributed by atoms with E-state index in [4.69, 9.17) is 5.11 Å². The zero-order chi connectivity index (χ0) is 11.7. The number of carbonyl (C=O) groups is 1. The highest BCUT2D eigenvalue weighted by Crippen LogP contribution is 2.28. The average molecular weight is 237 g/mol. The summed E-state index contributed by atoms with van der Waals surface area (Å²) in [6, 6.07) is 5.95. The first-order valence-electron chi connectivity index (χ1n) is 4.54. The van der Waals surface area contributed by atoms with Crippen LogP contribution in [0.1, 0.15) is 15.4 Å². The minimum atomic E-state index is -1.00. The van der Waals surface area contributed by atoms with Crippen molar-refractivity contribution in [2.24, 2.45) is 0 Å². The molecule has 0 unspecified atom stereocenters. The number of hydrogen-bond donors (Lipinski definition) is 1. The summed E-state index contributed by atoms with van der Waals surface area (Å²) in [5.74, 6) is -1.36. The van der Waals surface area contributed by atoms with E-state index in [1.54, 1.807) is 19.1 Å². The van der Waals surface area contributed by atoms with E-state index in [9.17, 15) is 9.18 Å². The van der Waals surface area contributed by atoms with E-state index in [0.717, 1.165) is 11.3 Å². The highest BCUT2D eigenvalue weighted by Gasteiger charge is 2.14. The third kappa shape index (κ3) is 1.94. The van der Waals surface area contributed by atoms with Crippen molar-refractivity contribution in [2.45, 2.75) is 6.92 Å². The van der Waals surface area contributed by atoms with Crippen molar-refractivity contribution >= 4 is 17.3 Å². The SMILES string of the molecule is Cc1nc(-c2cccc(F)c2)sc1C(=O)O. The first-order chi connectivity index (χ1) is 7.58. The van der Waals surface area contributed by atoms with Crippen LogP contribution in [0.2, 0.25) is 0 Å². The van der Waals surface area contributed by atoms with E-state index in [1.165, 1.54) is 12.1 Å². The van der Waals surface area contributed by atoms with Crippen molar-refractivity contribution in [3.63, 3.8) is 0 Å². The number of aryl methyl sites for hydroxylation is 1. The van der Waals surface area contributed by atoms with Gasteiger partial charge in [0.25, 0.3) is 0 Å². The fourth-order valence-corrected chi connectivity index (χ4v) is 2.24. The summed E-state index contributed by atoms with van der Waals surface area (Å²) < 4.78 is 13.0. The molecule has 1 N–H and O–H groups in total. The largest absolute Gasteiger partial charge is 0.477 e. The van der Waals surface area contributed by atoms with Crippen LogP contribution in [-0.4, -0.2) is 16.1 Å². The Balaban J connectivity index is 2.49. The van der Waals surface area contributed by atoms with E-state index < -0.39 is 5.97 Å². The zero-order valence-corrected chi connectivity index (χ0v) is 9.21. The fraction of sp³-hybridized carbons (Fsp3) is 0.0909. The van der Waals surface area contributed by atoms with Gasteiger partial charge in [-0.15, -0.1) is 11.3 Å². The Labute approximate surface area is 95.2 Å². The van der Waals surface area contributed by atoms with Gasteiger partial charge in [0, 0.05) is 5.56 Å². The number of thiazole rings is 1. The highest BCUT2D eigenvalue weighted by atomic mass is 32.1. The number of benzene rings is 1. The first-order valence-corrected chi connectivity index (χ1v) is 5.36. The van der Waals surface area contributed by atoms with E-state index in [2.05, 4.69) is 4.98 Å². The molecule has 0 bridgehead atoms. The van der Waals surface area contributed by atoms with Gasteiger partial charge in [-0.1, -0.05) is 12.1 Å². The standard InChI is InChI=1S/C11H8FNO2S/c1-6-9(11(14)15)16-10(13-6)7-3-2-4-8(12)5-7/h2-5H,1H3,(H,14,15). The molecule has 0 spiro atoms. The Morgan fingerprint density at radius 3 is 2.81 bits per heavy atom. The predicted molar refractivity (Wildman–Crippen MR) is 59.2 cm³/mol. The number of carboxylic acids is 1. The lowest BCUT2D eigenvalue weighted by atomic mass is 10.2. The second-order valence-electron chi connectivity index (χ2n) is 3.25. The van der Waals surface area contributed by atoms with E-state index in [1.807, 2.05) is 0 Å². The smallest absolute Gasteiger partial charge is 0.347 e. The summed E-state index contributed by atoms with van der Waals surface area (Å²) in [4.78, 5) is 15.1. The molecule has 0 saturated carbocycles. The maximum atomic E-state index is 13.0. The molecule has 3 nitrogen and oxygen atoms in total. The Bertz CT molecular complexity index is 551. The molecule has 16 heavy (non-hydrogen) atoms. The molecule has 82 valence electrons. The summed E-state index contributed by atoms with van der Waals surface area (Å²) in [5, 5.41) is 9.40. The molecule has 0 atom stereocenters. The van der Waals surface area contributed by atoms with Crippen LogP contribution < -0.4 is 0 Å². The van der Waals surface area contributed by atoms with Gasteiger partial charge < -0.3 is 5.11 Å². The van der Waals surface area contributed by atoms with Gasteiger partial charge in [0.1, 0.15) is 15.7 Å². The minimum absolute atomic E-state index is 0.194. The van der Waals surface area contributed by atoms with Crippen molar-refractivity contribution < 1.29 is 14.3 Å². The van der Waals surface area contributed by atoms with Gasteiger partial charge in [0.05, 0.1) is 5.69 Å². The maximum absolute atomic E-state index is 13.0. The van der Waals surface area contributed by atoms with Crippen molar-refractivity contribution in [3.05, 3.63) is 40.7 Å². The number of aromatic nitrogens is 1. The van der Waals surface area contributed by atoms with Crippen LogP contribution >= 0.6 is 11.3 Å². The summed E-state index contributed by atoms with van der Waals surface area (Å²) >= 11 is 1.05. The van der Waals surface area contributed by atoms with Crippen molar-refractivity contribution in [1.29, 1.82) is 0 Å². The molecule has 5 heteroatoms. The number of aromatic carboxylic acids is 1. The normalized spacial score (nSPS) is 10.4. The topological polar surface area (TPSA) is 50.2 Å². The Kier molecular flexibility index (Phi) is 2.70. The van der Waals surface area contributed by atoms with Gasteiger partial charge in [-0.2, -0.15) is 0 Å². The van der Waals surface area contributed by atoms with Gasteiger partial charge in [0.2, 0.25) is 0 Å². The molecular weight excluding hydrogens is 229 g/mol. The number of nitrogens with zero attached hydrogens (tertiary/aromatic N) is 1. The highest BCUT2D eigenvalue weighted by molar-refractivity contribution is 7.17. The lowest BCUT2D eigenvalue weighted by molar-refractivity contribution is 0.0701. The molecule has 1 aromatic carbocycles. The van der Waals surface area contributed by atoms with Crippen LogP contribution in [0, 0.1) is 12.7 Å². The summed E-state index contributed by atoms with van der Waals surface area (Å²) in [5.41, 5.74) is 1.05. The van der Waals surface area contributed by atoms with E-state index >= 15 is 0 Å². The summed E-state index contributed by atoms with van der Waals surface area (Å²) in [6.45, 7) is 1.63. The molecule has 0 radical (unpaired) electrons. The maximum Gasteiger partial charge on any atom is 0.347 e. The fourth-order valence-electron chi connectivity index (χ4n) is 1.34. The Morgan fingerprint density at radius 2 is 2.25 bits per heavy atom. The predicted octanol–water partition coefficient (Wildman–Crippen LogP) is 2.96. The molecule has 0 amide bonds. The molecule has 2 rings (SSSR count). The van der Waals surface area contributed by atoms with Gasteiger partial charge in [0.15, 0.2) is 0 Å². The molecule has 0 aliphatic carbocycles. The Morgan fingerprint density at radius 1 is 1.50 bits per heavy atom. The summed E-state index contributed by atoms with van der Waals surface area (Å²) in [7, 11) is 0. The third-order valence-electron chi connectivity index (χ3n) is 2.06. The van der Waals surface area contributed by atoms with E-state index in [-0.39, 0.29) is 10.7 Å². The zero-order valence-electron chi connectivity index (χ0n) is 8.40. The van der Waals surface area contributed by atoms with Gasteiger partial charge >= 0.3 is 5.97 Å². The van der Waals surface area contributed by atoms with Crippen LogP contribution in [0.3, 0.4) is 0 Å². The van der Waals surface area contributed by atoms with Crippen molar-refractivity contribution in [1.82, 2.24) is 4.98 Å². The summed E-state index contributed by atoms with van der Waals surface area (Å²) in [6.07, 6.45) is 0. The molecule has 1 heterocycles. The molecule has 0 aliphatic heterocycles. The molecule has 0 saturated heterocycles. The van der Waals surface area contributed by atoms with Crippen molar-refractivity contribution in [2.75, 3.05) is 0 Å². The lowest BCUT2D eigenvalue weighted by Crippen LogP contribution is -1.94. The minimum Gasteiger partial charge on any atom is -0.477 e. The molecule has 0 aliphatic rings. The average Bonchev–Trinajstić information content (AvgIpc) is 2.60. The third-order valence-corrected chi connectivity index (χ3v) is 3.26. The van der Waals surface area contributed by atoms with Gasteiger partial charge in [-0.3, -0.25) is 0 Å². The van der Waals surface area contributed by atoms with Crippen LogP contribution in [0.5, 0.6) is 0 Å². The molecular formula is C11H8FNO2S. The molecule has 1 aromatic heterocycles. The quantitative estimate of drug-likeness (QED) is 0.873. The molecule has 2 aromatic rings. The second-order valence-corrected chi connectivity index (χ2v) is 4.25.